The average Bonchev–Trinajstić information content (AvgIpc) is 1.82. The number of rotatable bonds is 0. The minimum atomic E-state index is 0.580. The summed E-state index contributed by atoms with van der Waals surface area (Å²) in [5.41, 5.74) is 0. The van der Waals surface area contributed by atoms with Crippen LogP contribution in [0.3, 0.4) is 0 Å². The van der Waals surface area contributed by atoms with Gasteiger partial charge < -0.3 is 14.2 Å². The van der Waals surface area contributed by atoms with Crippen LogP contribution in [0.5, 0.6) is 0 Å². The van der Waals surface area contributed by atoms with E-state index in [1.165, 1.54) is 0 Å². The maximum atomic E-state index is 2.32. The first-order valence-corrected chi connectivity index (χ1v) is 3.70. The molecule has 0 saturated carbocycles. The Morgan fingerprint density at radius 3 is 1.80 bits per heavy atom. The first-order valence-electron chi connectivity index (χ1n) is 3.70. The topological polar surface area (TPSA) is 9.72 Å². The summed E-state index contributed by atoms with van der Waals surface area (Å²) in [6.45, 7) is 2.81. The van der Waals surface area contributed by atoms with Gasteiger partial charge in [-0.25, -0.2) is 0 Å². The second kappa shape index (κ2) is 2.99. The summed E-state index contributed by atoms with van der Waals surface area (Å²) in [6.07, 6.45) is 0. The summed E-state index contributed by atoms with van der Waals surface area (Å²) >= 11 is 0. The molecule has 0 aromatic carbocycles. The van der Waals surface area contributed by atoms with Crippen LogP contribution in [0.15, 0.2) is 0 Å². The van der Waals surface area contributed by atoms with E-state index in [2.05, 4.69) is 42.1 Å². The Labute approximate surface area is 65.0 Å². The average molecular weight is 137 g/mol. The van der Waals surface area contributed by atoms with Crippen LogP contribution in [-0.2, 0) is 0 Å². The number of hydrogen-bond acceptors (Lipinski definition) is 3. The van der Waals surface area contributed by atoms with Crippen LogP contribution in [-0.4, -0.2) is 57.4 Å². The van der Waals surface area contributed by atoms with E-state index in [0.29, 0.717) is 6.98 Å². The Morgan fingerprint density at radius 1 is 1.00 bits per heavy atom. The highest BCUT2D eigenvalue weighted by molar-refractivity contribution is 6.73. The van der Waals surface area contributed by atoms with Crippen molar-refractivity contribution in [1.29, 1.82) is 0 Å². The molecule has 1 aliphatic rings. The molecule has 0 unspecified atom stereocenters. The van der Waals surface area contributed by atoms with E-state index >= 15 is 0 Å². The van der Waals surface area contributed by atoms with Crippen molar-refractivity contribution in [2.24, 2.45) is 0 Å². The van der Waals surface area contributed by atoms with Gasteiger partial charge >= 0.3 is 0 Å². The Hall–Kier alpha value is 0.0748. The fraction of sp³-hybridized carbons (Fsp3) is 1.00. The van der Waals surface area contributed by atoms with Gasteiger partial charge in [-0.15, -0.1) is 0 Å². The molecule has 0 radical (unpaired) electrons. The summed E-state index contributed by atoms with van der Waals surface area (Å²) < 4.78 is 6.94. The lowest BCUT2D eigenvalue weighted by molar-refractivity contribution is 0.580. The minimum Gasteiger partial charge on any atom is -0.366 e. The fourth-order valence-electron chi connectivity index (χ4n) is 1.38. The second-order valence-electron chi connectivity index (χ2n) is 3.28. The van der Waals surface area contributed by atoms with E-state index in [9.17, 15) is 0 Å². The van der Waals surface area contributed by atoms with E-state index in [0.717, 1.165) is 15.1 Å². The Balaban J connectivity index is 2.49. The van der Waals surface area contributed by atoms with Crippen molar-refractivity contribution in [3.8, 4) is 0 Å². The summed E-state index contributed by atoms with van der Waals surface area (Å²) in [5, 5.41) is 0. The van der Waals surface area contributed by atoms with Crippen LogP contribution in [0.25, 0.3) is 0 Å². The summed E-state index contributed by atoms with van der Waals surface area (Å²) in [5.74, 6) is 0. The molecule has 0 N–H and O–H groups in total. The highest BCUT2D eigenvalue weighted by atomic mass is 15.2. The largest absolute Gasteiger partial charge is 0.366 e. The van der Waals surface area contributed by atoms with Crippen molar-refractivity contribution >= 4 is 22.1 Å². The highest BCUT2D eigenvalue weighted by Crippen LogP contribution is 2.01. The first kappa shape index (κ1) is 8.17. The fourth-order valence-corrected chi connectivity index (χ4v) is 1.38. The molecule has 1 heterocycles. The SMILES string of the molecule is CB1N(C)BN(C)BN1C. The normalized spacial score (nSPS) is 24.2. The molecule has 0 aliphatic carbocycles. The third-order valence-corrected chi connectivity index (χ3v) is 2.20. The molecule has 0 amide bonds. The van der Waals surface area contributed by atoms with Gasteiger partial charge in [0.25, 0.3) is 22.1 Å². The van der Waals surface area contributed by atoms with Gasteiger partial charge in [0, 0.05) is 0 Å². The lowest BCUT2D eigenvalue weighted by Gasteiger charge is -2.39. The maximum absolute atomic E-state index is 2.32. The zero-order valence-corrected chi connectivity index (χ0v) is 7.33. The molecular weight excluding hydrogens is 123 g/mol. The monoisotopic (exact) mass is 137 g/mol. The molecule has 1 rings (SSSR count). The zero-order valence-electron chi connectivity index (χ0n) is 7.33. The van der Waals surface area contributed by atoms with Crippen molar-refractivity contribution in [2.75, 3.05) is 21.1 Å². The van der Waals surface area contributed by atoms with E-state index in [1.807, 2.05) is 0 Å². The molecule has 6 heteroatoms. The van der Waals surface area contributed by atoms with Crippen LogP contribution in [0, 0.1) is 0 Å². The van der Waals surface area contributed by atoms with E-state index in [-0.39, 0.29) is 0 Å². The second-order valence-corrected chi connectivity index (χ2v) is 3.28. The predicted octanol–water partition coefficient (Wildman–Crippen LogP) is -1.55. The molecule has 0 bridgehead atoms. The smallest absolute Gasteiger partial charge is 0.286 e. The molecule has 1 aliphatic heterocycles. The van der Waals surface area contributed by atoms with Gasteiger partial charge in [0.1, 0.15) is 0 Å². The van der Waals surface area contributed by atoms with Crippen LogP contribution in [0.2, 0.25) is 6.82 Å². The van der Waals surface area contributed by atoms with Gasteiger partial charge in [0.15, 0.2) is 0 Å². The number of nitrogens with zero attached hydrogens (tertiary/aromatic N) is 3. The lowest BCUT2D eigenvalue weighted by Crippen LogP contribution is -2.63. The molecule has 10 heavy (non-hydrogen) atoms. The van der Waals surface area contributed by atoms with Crippen LogP contribution < -0.4 is 0 Å². The van der Waals surface area contributed by atoms with Crippen LogP contribution in [0.1, 0.15) is 0 Å². The van der Waals surface area contributed by atoms with Gasteiger partial charge in [-0.2, -0.15) is 0 Å². The standard InChI is InChI=1S/C4H14B3N3/c1-7-9(3)5-8(2)6-10(7)4/h5-6H,1-4H3. The molecular formula is C4H14B3N3. The van der Waals surface area contributed by atoms with E-state index in [4.69, 9.17) is 0 Å². The third-order valence-electron chi connectivity index (χ3n) is 2.20. The molecule has 0 aromatic heterocycles. The van der Waals surface area contributed by atoms with Crippen molar-refractivity contribution in [2.45, 2.75) is 6.82 Å². The van der Waals surface area contributed by atoms with Crippen LogP contribution >= 0.6 is 0 Å². The molecule has 0 aromatic rings. The third kappa shape index (κ3) is 1.56. The van der Waals surface area contributed by atoms with Crippen molar-refractivity contribution in [3.05, 3.63) is 0 Å². The summed E-state index contributed by atoms with van der Waals surface area (Å²) in [7, 11) is 8.59. The molecule has 3 nitrogen and oxygen atoms in total. The first-order chi connectivity index (χ1) is 4.61. The lowest BCUT2D eigenvalue weighted by atomic mass is 9.61. The van der Waals surface area contributed by atoms with Gasteiger partial charge in [-0.3, -0.25) is 0 Å². The van der Waals surface area contributed by atoms with Gasteiger partial charge in [-0.05, 0) is 21.1 Å². The Morgan fingerprint density at radius 2 is 1.40 bits per heavy atom. The van der Waals surface area contributed by atoms with Gasteiger partial charge in [0.2, 0.25) is 0 Å². The van der Waals surface area contributed by atoms with Gasteiger partial charge in [0.05, 0.1) is 0 Å². The summed E-state index contributed by atoms with van der Waals surface area (Å²) in [6, 6.07) is 0. The molecule has 54 valence electrons. The summed E-state index contributed by atoms with van der Waals surface area (Å²) in [4.78, 5) is 0. The maximum Gasteiger partial charge on any atom is 0.286 e. The number of hydrogen-bond donors (Lipinski definition) is 0. The van der Waals surface area contributed by atoms with E-state index in [1.54, 1.807) is 0 Å². The van der Waals surface area contributed by atoms with Crippen molar-refractivity contribution in [3.63, 3.8) is 0 Å². The minimum absolute atomic E-state index is 0.580. The molecule has 1 saturated heterocycles. The van der Waals surface area contributed by atoms with Crippen molar-refractivity contribution < 1.29 is 0 Å². The predicted molar refractivity (Wildman–Crippen MR) is 49.2 cm³/mol. The molecule has 1 fully saturated rings. The van der Waals surface area contributed by atoms with Crippen molar-refractivity contribution in [1.82, 2.24) is 14.2 Å². The van der Waals surface area contributed by atoms with Gasteiger partial charge in [-0.1, -0.05) is 6.82 Å². The van der Waals surface area contributed by atoms with Crippen LogP contribution in [0.4, 0.5) is 0 Å². The molecule has 0 atom stereocenters. The zero-order chi connectivity index (χ0) is 7.72. The van der Waals surface area contributed by atoms with E-state index < -0.39 is 0 Å². The molecule has 0 spiro atoms. The Bertz CT molecular complexity index is 110. The quantitative estimate of drug-likeness (QED) is 0.374. The Kier molecular flexibility index (Phi) is 2.44. The highest BCUT2D eigenvalue weighted by Gasteiger charge is 2.28.